The monoisotopic (exact) mass is 638 g/mol. The minimum Gasteiger partial charge on any atom is -0.481 e. The lowest BCUT2D eigenvalue weighted by Crippen LogP contribution is -2.45. The number of anilines is 1. The van der Waals surface area contributed by atoms with E-state index in [4.69, 9.17) is 4.98 Å². The van der Waals surface area contributed by atoms with Gasteiger partial charge in [-0.15, -0.1) is 10.2 Å². The van der Waals surface area contributed by atoms with Crippen LogP contribution in [0, 0.1) is 25.2 Å². The highest BCUT2D eigenvalue weighted by Crippen LogP contribution is 2.36. The van der Waals surface area contributed by atoms with Gasteiger partial charge in [-0.25, -0.2) is 13.5 Å². The largest absolute Gasteiger partial charge is 0.481 e. The van der Waals surface area contributed by atoms with Gasteiger partial charge in [0.2, 0.25) is 5.82 Å². The lowest BCUT2D eigenvalue weighted by Gasteiger charge is -2.36. The molecular weight excluding hydrogens is 609 g/mol. The molecule has 2 aliphatic heterocycles. The molecule has 0 bridgehead atoms. The highest BCUT2D eigenvalue weighted by atomic mass is 32.2. The van der Waals surface area contributed by atoms with E-state index in [9.17, 15) is 32.5 Å². The normalized spacial score (nSPS) is 19.4. The number of pyridine rings is 3. The molecule has 6 rings (SSSR count). The number of piperidine rings is 1. The Morgan fingerprint density at radius 2 is 2.02 bits per heavy atom. The lowest BCUT2D eigenvalue weighted by molar-refractivity contribution is -0.145. The van der Waals surface area contributed by atoms with Gasteiger partial charge in [-0.05, 0) is 68.0 Å². The number of aromatic nitrogens is 5. The zero-order valence-corrected chi connectivity index (χ0v) is 25.3. The number of aryl methyl sites for hydroxylation is 2. The summed E-state index contributed by atoms with van der Waals surface area (Å²) < 4.78 is 57.1. The second-order valence-corrected chi connectivity index (χ2v) is 12.8. The van der Waals surface area contributed by atoms with E-state index in [-0.39, 0.29) is 24.7 Å². The third-order valence-electron chi connectivity index (χ3n) is 8.48. The van der Waals surface area contributed by atoms with Crippen LogP contribution < -0.4 is 4.90 Å². The fourth-order valence-corrected chi connectivity index (χ4v) is 7.58. The second-order valence-electron chi connectivity index (χ2n) is 11.3. The maximum Gasteiger partial charge on any atom is 0.452 e. The molecule has 0 aromatic carbocycles. The predicted octanol–water partition coefficient (Wildman–Crippen LogP) is 4.53. The summed E-state index contributed by atoms with van der Waals surface area (Å²) >= 11 is 0. The average Bonchev–Trinajstić information content (AvgIpc) is 3.42. The van der Waals surface area contributed by atoms with Crippen molar-refractivity contribution in [2.45, 2.75) is 69.1 Å². The molecule has 45 heavy (non-hydrogen) atoms. The van der Waals surface area contributed by atoms with E-state index in [0.717, 1.165) is 35.8 Å². The molecular formula is C30H29F3N8O3S. The Hall–Kier alpha value is -4.42. The number of aliphatic carboxylic acids is 1. The fourth-order valence-electron chi connectivity index (χ4n) is 6.20. The number of hydrogen-bond acceptors (Lipinski definition) is 8. The minimum absolute atomic E-state index is 0.0245. The van der Waals surface area contributed by atoms with E-state index in [1.54, 1.807) is 19.1 Å². The molecule has 3 atom stereocenters. The first-order valence-electron chi connectivity index (χ1n) is 14.4. The Morgan fingerprint density at radius 1 is 1.22 bits per heavy atom. The third kappa shape index (κ3) is 5.75. The number of carboxylic acid groups (broad SMARTS) is 1. The molecule has 1 N–H and O–H groups in total. The summed E-state index contributed by atoms with van der Waals surface area (Å²) in [5.41, 5.74) is 2.92. The van der Waals surface area contributed by atoms with Gasteiger partial charge in [0.25, 0.3) is 0 Å². The number of nitriles is 1. The highest BCUT2D eigenvalue weighted by Gasteiger charge is 2.38. The maximum absolute atomic E-state index is 14.1. The number of halogens is 3. The number of rotatable bonds is 6. The molecule has 15 heteroatoms. The molecule has 1 saturated heterocycles. The molecule has 2 aliphatic rings. The molecule has 0 radical (unpaired) electrons. The molecule has 0 spiro atoms. The van der Waals surface area contributed by atoms with Crippen LogP contribution in [0.3, 0.4) is 0 Å². The molecule has 0 saturated carbocycles. The Balaban J connectivity index is 1.38. The number of carboxylic acids is 1. The van der Waals surface area contributed by atoms with E-state index >= 15 is 0 Å². The zero-order valence-electron chi connectivity index (χ0n) is 24.5. The van der Waals surface area contributed by atoms with Gasteiger partial charge in [0.15, 0.2) is 5.65 Å². The molecule has 11 nitrogen and oxygen atoms in total. The van der Waals surface area contributed by atoms with Gasteiger partial charge in [-0.3, -0.25) is 14.2 Å². The van der Waals surface area contributed by atoms with E-state index in [2.05, 4.69) is 26.2 Å². The van der Waals surface area contributed by atoms with Crippen molar-refractivity contribution in [3.05, 3.63) is 76.1 Å². The Kier molecular flexibility index (Phi) is 8.04. The summed E-state index contributed by atoms with van der Waals surface area (Å²) in [4.78, 5) is 24.1. The quantitative estimate of drug-likeness (QED) is 0.323. The van der Waals surface area contributed by atoms with E-state index in [0.29, 0.717) is 45.3 Å². The third-order valence-corrected chi connectivity index (χ3v) is 9.90. The molecule has 234 valence electrons. The van der Waals surface area contributed by atoms with Crippen LogP contribution in [0.25, 0.3) is 5.65 Å². The number of nitrogens with zero attached hydrogens (tertiary/aromatic N) is 8. The van der Waals surface area contributed by atoms with E-state index < -0.39 is 34.9 Å². The van der Waals surface area contributed by atoms with Crippen molar-refractivity contribution < 1.29 is 27.3 Å². The van der Waals surface area contributed by atoms with Crippen molar-refractivity contribution in [1.82, 2.24) is 28.9 Å². The van der Waals surface area contributed by atoms with Crippen LogP contribution >= 0.6 is 0 Å². The van der Waals surface area contributed by atoms with Gasteiger partial charge in [-0.1, -0.05) is 6.07 Å². The van der Waals surface area contributed by atoms with Crippen molar-refractivity contribution in [3.63, 3.8) is 0 Å². The first-order chi connectivity index (χ1) is 21.5. The number of alkyl halides is 3. The smallest absolute Gasteiger partial charge is 0.452 e. The molecule has 6 heterocycles. The minimum atomic E-state index is -4.71. The van der Waals surface area contributed by atoms with Gasteiger partial charge >= 0.3 is 12.1 Å². The molecule has 0 amide bonds. The highest BCUT2D eigenvalue weighted by molar-refractivity contribution is 7.82. The van der Waals surface area contributed by atoms with Gasteiger partial charge in [0.05, 0.1) is 29.1 Å². The van der Waals surface area contributed by atoms with Crippen molar-refractivity contribution >= 4 is 28.4 Å². The number of hydrogen-bond donors (Lipinski definition) is 1. The lowest BCUT2D eigenvalue weighted by atomic mass is 9.89. The SMILES string of the molecule is Cc1ccc(C(CC(=O)O)c2ccn3c(C(F)(F)F)nnc3c2C)nc1CN1CC2CCCCN2c2ncc(C#N)cc2S1=O. The maximum atomic E-state index is 14.1. The zero-order chi connectivity index (χ0) is 32.0. The van der Waals surface area contributed by atoms with Gasteiger partial charge in [0, 0.05) is 43.1 Å². The molecule has 1 fully saturated rings. The number of carbonyl (C=O) groups is 1. The number of fused-ring (bicyclic) bond motifs is 4. The summed E-state index contributed by atoms with van der Waals surface area (Å²) in [5.74, 6) is -2.46. The van der Waals surface area contributed by atoms with Gasteiger partial charge < -0.3 is 10.0 Å². The summed E-state index contributed by atoms with van der Waals surface area (Å²) in [7, 11) is -1.66. The second kappa shape index (κ2) is 11.8. The van der Waals surface area contributed by atoms with Crippen LogP contribution in [-0.4, -0.2) is 63.3 Å². The van der Waals surface area contributed by atoms with Crippen molar-refractivity contribution in [1.29, 1.82) is 5.26 Å². The summed E-state index contributed by atoms with van der Waals surface area (Å²) in [5, 5.41) is 26.4. The molecule has 0 aliphatic carbocycles. The fraction of sp³-hybridized carbons (Fsp3) is 0.400. The molecule has 4 aromatic rings. The van der Waals surface area contributed by atoms with E-state index in [1.165, 1.54) is 18.5 Å². The standard InChI is InChI=1S/C30H29F3N8O3S/c1-17-6-7-23(22(12-26(42)43)21-8-10-41-27(18(21)2)37-38-29(41)30(31,32)33)36-24(17)16-39-15-20-5-3-4-9-40(20)28-25(45(39)44)11-19(13-34)14-35-28/h6-8,10-11,14,20,22H,3-5,9,12,15-16H2,1-2H3,(H,42,43). The Morgan fingerprint density at radius 3 is 2.76 bits per heavy atom. The van der Waals surface area contributed by atoms with Crippen LogP contribution in [0.15, 0.2) is 41.6 Å². The topological polar surface area (TPSA) is 141 Å². The Labute approximate surface area is 258 Å². The van der Waals surface area contributed by atoms with Crippen LogP contribution in [-0.2, 0) is 28.5 Å². The van der Waals surface area contributed by atoms with Crippen molar-refractivity contribution in [2.24, 2.45) is 0 Å². The van der Waals surface area contributed by atoms with Crippen LogP contribution in [0.1, 0.15) is 71.1 Å². The van der Waals surface area contributed by atoms with Crippen molar-refractivity contribution in [2.75, 3.05) is 18.0 Å². The summed E-state index contributed by atoms with van der Waals surface area (Å²) in [6.07, 6.45) is 0.514. The van der Waals surface area contributed by atoms with Gasteiger partial charge in [0.1, 0.15) is 22.9 Å². The summed E-state index contributed by atoms with van der Waals surface area (Å²) in [6, 6.07) is 8.74. The first-order valence-corrected chi connectivity index (χ1v) is 15.5. The van der Waals surface area contributed by atoms with Crippen molar-refractivity contribution in [3.8, 4) is 6.07 Å². The first kappa shape index (κ1) is 30.6. The van der Waals surface area contributed by atoms with E-state index in [1.807, 2.05) is 17.3 Å². The van der Waals surface area contributed by atoms with Crippen LogP contribution in [0.2, 0.25) is 0 Å². The molecule has 3 unspecified atom stereocenters. The van der Waals surface area contributed by atoms with Crippen LogP contribution in [0.5, 0.6) is 0 Å². The predicted molar refractivity (Wildman–Crippen MR) is 157 cm³/mol. The van der Waals surface area contributed by atoms with Gasteiger partial charge in [-0.2, -0.15) is 18.4 Å². The Bertz CT molecular complexity index is 1870. The summed E-state index contributed by atoms with van der Waals surface area (Å²) in [6.45, 7) is 4.87. The van der Waals surface area contributed by atoms with Crippen LogP contribution in [0.4, 0.5) is 19.0 Å². The molecule has 4 aromatic heterocycles. The average molecular weight is 639 g/mol.